The molecule has 0 aromatic heterocycles. The van der Waals surface area contributed by atoms with Gasteiger partial charge in [0.05, 0.1) is 5.60 Å². The molecule has 4 nitrogen and oxygen atoms in total. The summed E-state index contributed by atoms with van der Waals surface area (Å²) in [5, 5.41) is 0. The third-order valence-electron chi connectivity index (χ3n) is 2.93. The Hall–Kier alpha value is -0.160. The monoisotopic (exact) mass is 216 g/mol. The van der Waals surface area contributed by atoms with Crippen LogP contribution in [0.2, 0.25) is 0 Å². The Balaban J connectivity index is 2.20. The first-order chi connectivity index (χ1) is 7.18. The second-order valence-electron chi connectivity index (χ2n) is 4.50. The fourth-order valence-electron chi connectivity index (χ4n) is 1.82. The number of hydrogen-bond donors (Lipinski definition) is 1. The highest BCUT2D eigenvalue weighted by molar-refractivity contribution is 4.84. The van der Waals surface area contributed by atoms with Gasteiger partial charge in [-0.2, -0.15) is 0 Å². The second kappa shape index (κ2) is 6.43. The molecule has 4 heteroatoms. The summed E-state index contributed by atoms with van der Waals surface area (Å²) in [7, 11) is 4.15. The van der Waals surface area contributed by atoms with E-state index >= 15 is 0 Å². The van der Waals surface area contributed by atoms with Crippen molar-refractivity contribution in [3.05, 3.63) is 0 Å². The molecule has 15 heavy (non-hydrogen) atoms. The summed E-state index contributed by atoms with van der Waals surface area (Å²) in [4.78, 5) is 2.17. The van der Waals surface area contributed by atoms with Crippen molar-refractivity contribution in [1.82, 2.24) is 4.90 Å². The highest BCUT2D eigenvalue weighted by Crippen LogP contribution is 2.23. The van der Waals surface area contributed by atoms with Crippen molar-refractivity contribution in [2.75, 3.05) is 47.0 Å². The molecule has 1 saturated heterocycles. The zero-order valence-electron chi connectivity index (χ0n) is 10.00. The van der Waals surface area contributed by atoms with E-state index in [1.165, 1.54) is 0 Å². The average molecular weight is 216 g/mol. The Morgan fingerprint density at radius 2 is 2.00 bits per heavy atom. The van der Waals surface area contributed by atoms with Gasteiger partial charge < -0.3 is 20.1 Å². The summed E-state index contributed by atoms with van der Waals surface area (Å²) in [5.41, 5.74) is 5.68. The average Bonchev–Trinajstić information content (AvgIpc) is 2.26. The molecular weight excluding hydrogens is 192 g/mol. The maximum Gasteiger partial charge on any atom is 0.0847 e. The minimum absolute atomic E-state index is 0.107. The molecule has 0 bridgehead atoms. The Labute approximate surface area is 92.7 Å². The van der Waals surface area contributed by atoms with Gasteiger partial charge in [-0.3, -0.25) is 0 Å². The minimum atomic E-state index is -0.107. The molecule has 1 heterocycles. The molecule has 0 unspecified atom stereocenters. The van der Waals surface area contributed by atoms with E-state index in [9.17, 15) is 0 Å². The number of hydrogen-bond acceptors (Lipinski definition) is 4. The highest BCUT2D eigenvalue weighted by atomic mass is 16.5. The van der Waals surface area contributed by atoms with E-state index in [2.05, 4.69) is 19.0 Å². The molecule has 2 N–H and O–H groups in total. The smallest absolute Gasteiger partial charge is 0.0847 e. The van der Waals surface area contributed by atoms with Crippen molar-refractivity contribution in [3.8, 4) is 0 Å². The molecule has 0 spiro atoms. The van der Waals surface area contributed by atoms with E-state index in [-0.39, 0.29) is 5.60 Å². The van der Waals surface area contributed by atoms with Crippen molar-refractivity contribution in [2.24, 2.45) is 5.73 Å². The number of nitrogens with two attached hydrogens (primary N) is 1. The van der Waals surface area contributed by atoms with Crippen LogP contribution in [0.1, 0.15) is 19.3 Å². The van der Waals surface area contributed by atoms with Gasteiger partial charge in [-0.25, -0.2) is 0 Å². The van der Waals surface area contributed by atoms with Gasteiger partial charge >= 0.3 is 0 Å². The standard InChI is InChI=1S/C11H24N2O2/c1-13(2)6-3-7-15-11(10-12)4-8-14-9-5-11/h3-10,12H2,1-2H3. The zero-order chi connectivity index (χ0) is 11.1. The molecule has 0 radical (unpaired) electrons. The fourth-order valence-corrected chi connectivity index (χ4v) is 1.82. The molecule has 1 aliphatic rings. The van der Waals surface area contributed by atoms with Crippen LogP contribution in [-0.2, 0) is 9.47 Å². The molecule has 0 amide bonds. The maximum absolute atomic E-state index is 5.94. The topological polar surface area (TPSA) is 47.7 Å². The van der Waals surface area contributed by atoms with Crippen LogP contribution >= 0.6 is 0 Å². The Bertz CT molecular complexity index is 168. The van der Waals surface area contributed by atoms with Gasteiger partial charge in [0, 0.05) is 39.2 Å². The SMILES string of the molecule is CN(C)CCCOC1(CN)CCOCC1. The van der Waals surface area contributed by atoms with E-state index in [1.807, 2.05) is 0 Å². The lowest BCUT2D eigenvalue weighted by Gasteiger charge is -2.36. The maximum atomic E-state index is 5.94. The molecule has 1 fully saturated rings. The lowest BCUT2D eigenvalue weighted by Crippen LogP contribution is -2.45. The van der Waals surface area contributed by atoms with Gasteiger partial charge in [0.2, 0.25) is 0 Å². The van der Waals surface area contributed by atoms with Gasteiger partial charge in [0.1, 0.15) is 0 Å². The van der Waals surface area contributed by atoms with Gasteiger partial charge in [-0.05, 0) is 27.1 Å². The molecular formula is C11H24N2O2. The summed E-state index contributed by atoms with van der Waals surface area (Å²) in [6.45, 7) is 4.04. The van der Waals surface area contributed by atoms with E-state index in [0.717, 1.165) is 45.6 Å². The van der Waals surface area contributed by atoms with Crippen LogP contribution in [0.3, 0.4) is 0 Å². The van der Waals surface area contributed by atoms with Crippen LogP contribution in [0.5, 0.6) is 0 Å². The van der Waals surface area contributed by atoms with E-state index in [1.54, 1.807) is 0 Å². The quantitative estimate of drug-likeness (QED) is 0.655. The molecule has 0 aromatic rings. The van der Waals surface area contributed by atoms with Crippen molar-refractivity contribution in [3.63, 3.8) is 0 Å². The van der Waals surface area contributed by atoms with E-state index < -0.39 is 0 Å². The first-order valence-electron chi connectivity index (χ1n) is 5.75. The van der Waals surface area contributed by atoms with Gasteiger partial charge in [0.25, 0.3) is 0 Å². The second-order valence-corrected chi connectivity index (χ2v) is 4.50. The zero-order valence-corrected chi connectivity index (χ0v) is 10.00. The molecule has 90 valence electrons. The van der Waals surface area contributed by atoms with Crippen molar-refractivity contribution in [1.29, 1.82) is 0 Å². The number of ether oxygens (including phenoxy) is 2. The van der Waals surface area contributed by atoms with E-state index in [4.69, 9.17) is 15.2 Å². The fraction of sp³-hybridized carbons (Fsp3) is 1.00. The van der Waals surface area contributed by atoms with Crippen molar-refractivity contribution < 1.29 is 9.47 Å². The van der Waals surface area contributed by atoms with Gasteiger partial charge in [-0.1, -0.05) is 0 Å². The van der Waals surface area contributed by atoms with Gasteiger partial charge in [0.15, 0.2) is 0 Å². The predicted octanol–water partition coefficient (Wildman–Crippen LogP) is 0.463. The van der Waals surface area contributed by atoms with Crippen molar-refractivity contribution >= 4 is 0 Å². The molecule has 0 aromatic carbocycles. The summed E-state index contributed by atoms with van der Waals surface area (Å²) >= 11 is 0. The Morgan fingerprint density at radius 3 is 2.53 bits per heavy atom. The lowest BCUT2D eigenvalue weighted by molar-refractivity contribution is -0.105. The first kappa shape index (κ1) is 12.9. The molecule has 1 aliphatic heterocycles. The summed E-state index contributed by atoms with van der Waals surface area (Å²) < 4.78 is 11.3. The Morgan fingerprint density at radius 1 is 1.33 bits per heavy atom. The van der Waals surface area contributed by atoms with Crippen LogP contribution in [0.25, 0.3) is 0 Å². The lowest BCUT2D eigenvalue weighted by atomic mass is 9.94. The number of nitrogens with zero attached hydrogens (tertiary/aromatic N) is 1. The normalized spacial score (nSPS) is 20.8. The van der Waals surface area contributed by atoms with Crippen LogP contribution in [0.15, 0.2) is 0 Å². The summed E-state index contributed by atoms with van der Waals surface area (Å²) in [6.07, 6.45) is 2.94. The predicted molar refractivity (Wildman–Crippen MR) is 61.0 cm³/mol. The molecule has 0 aliphatic carbocycles. The van der Waals surface area contributed by atoms with Crippen LogP contribution < -0.4 is 5.73 Å². The summed E-state index contributed by atoms with van der Waals surface area (Å²) in [6, 6.07) is 0. The third-order valence-corrected chi connectivity index (χ3v) is 2.93. The minimum Gasteiger partial charge on any atom is -0.381 e. The molecule has 0 atom stereocenters. The van der Waals surface area contributed by atoms with Crippen LogP contribution in [0, 0.1) is 0 Å². The Kier molecular flexibility index (Phi) is 5.53. The summed E-state index contributed by atoms with van der Waals surface area (Å²) in [5.74, 6) is 0. The van der Waals surface area contributed by atoms with Gasteiger partial charge in [-0.15, -0.1) is 0 Å². The van der Waals surface area contributed by atoms with Crippen molar-refractivity contribution in [2.45, 2.75) is 24.9 Å². The van der Waals surface area contributed by atoms with Crippen LogP contribution in [-0.4, -0.2) is 57.5 Å². The first-order valence-corrected chi connectivity index (χ1v) is 5.75. The third kappa shape index (κ3) is 4.47. The van der Waals surface area contributed by atoms with E-state index in [0.29, 0.717) is 6.54 Å². The highest BCUT2D eigenvalue weighted by Gasteiger charge is 2.31. The molecule has 0 saturated carbocycles. The largest absolute Gasteiger partial charge is 0.381 e. The number of rotatable bonds is 6. The molecule has 1 rings (SSSR count). The van der Waals surface area contributed by atoms with Crippen LogP contribution in [0.4, 0.5) is 0 Å².